The highest BCUT2D eigenvalue weighted by Gasteiger charge is 2.48. The lowest BCUT2D eigenvalue weighted by Crippen LogP contribution is -2.55. The van der Waals surface area contributed by atoms with Crippen LogP contribution in [0.1, 0.15) is 23.3 Å². The molecule has 2 aliphatic heterocycles. The molecule has 0 bridgehead atoms. The molecule has 5 rings (SSSR count). The number of phenolic OH excluding ortho intramolecular Hbond substituents is 3. The Morgan fingerprint density at radius 2 is 1.43 bits per heavy atom. The summed E-state index contributed by atoms with van der Waals surface area (Å²) in [4.78, 5) is 13.4. The van der Waals surface area contributed by atoms with Crippen LogP contribution in [0, 0.1) is 0 Å². The minimum absolute atomic E-state index is 0.0710. The Hall–Kier alpha value is -3.31. The molecule has 0 saturated carbocycles. The summed E-state index contributed by atoms with van der Waals surface area (Å²) in [6.07, 6.45) is -15.7. The number of benzene rings is 2. The number of aliphatic hydroxyl groups excluding tert-OH is 7. The fourth-order valence-corrected chi connectivity index (χ4v) is 5.11. The molecule has 216 valence electrons. The van der Waals surface area contributed by atoms with Crippen molar-refractivity contribution in [3.8, 4) is 28.6 Å². The van der Waals surface area contributed by atoms with E-state index in [9.17, 15) is 55.9 Å². The number of rotatable bonds is 4. The molecule has 2 fully saturated rings. The average Bonchev–Trinajstić information content (AvgIpc) is 2.92. The van der Waals surface area contributed by atoms with E-state index in [1.165, 1.54) is 24.3 Å². The minimum atomic E-state index is -1.98. The van der Waals surface area contributed by atoms with E-state index < -0.39 is 107 Å². The second kappa shape index (κ2) is 10.6. The van der Waals surface area contributed by atoms with E-state index >= 15 is 0 Å². The molecule has 9 atom stereocenters. The van der Waals surface area contributed by atoms with Crippen molar-refractivity contribution in [3.63, 3.8) is 0 Å². The van der Waals surface area contributed by atoms with Crippen LogP contribution < -0.4 is 5.43 Å². The van der Waals surface area contributed by atoms with E-state index in [0.717, 1.165) is 6.07 Å². The van der Waals surface area contributed by atoms with Gasteiger partial charge in [0, 0.05) is 11.6 Å². The molecule has 10 N–H and O–H groups in total. The number of hydrogen-bond acceptors (Lipinski definition) is 14. The number of aliphatic hydroxyl groups is 7. The van der Waals surface area contributed by atoms with E-state index in [0.29, 0.717) is 5.56 Å². The van der Waals surface area contributed by atoms with Gasteiger partial charge in [0.15, 0.2) is 11.0 Å². The molecular weight excluding hydrogens is 536 g/mol. The van der Waals surface area contributed by atoms with Gasteiger partial charge in [0.2, 0.25) is 0 Å². The highest BCUT2D eigenvalue weighted by molar-refractivity contribution is 5.92. The average molecular weight is 564 g/mol. The van der Waals surface area contributed by atoms with Crippen molar-refractivity contribution in [2.75, 3.05) is 13.2 Å². The molecule has 40 heavy (non-hydrogen) atoms. The summed E-state index contributed by atoms with van der Waals surface area (Å²) in [6.45, 7) is -1.34. The second-order valence-electron chi connectivity index (χ2n) is 9.80. The van der Waals surface area contributed by atoms with E-state index in [1.54, 1.807) is 0 Å². The Bertz CT molecular complexity index is 1450. The van der Waals surface area contributed by atoms with Gasteiger partial charge in [-0.15, -0.1) is 0 Å². The summed E-state index contributed by atoms with van der Waals surface area (Å²) < 4.78 is 16.9. The van der Waals surface area contributed by atoms with Crippen molar-refractivity contribution in [2.24, 2.45) is 0 Å². The van der Waals surface area contributed by atoms with Gasteiger partial charge in [-0.05, 0) is 24.3 Å². The van der Waals surface area contributed by atoms with Gasteiger partial charge in [0.1, 0.15) is 83.3 Å². The highest BCUT2D eigenvalue weighted by atomic mass is 16.5. The number of ether oxygens (including phenoxy) is 2. The van der Waals surface area contributed by atoms with Crippen molar-refractivity contribution in [1.29, 1.82) is 0 Å². The van der Waals surface area contributed by atoms with E-state index in [1.807, 2.05) is 0 Å². The maximum atomic E-state index is 13.4. The van der Waals surface area contributed by atoms with Gasteiger partial charge in [-0.3, -0.25) is 4.79 Å². The summed E-state index contributed by atoms with van der Waals surface area (Å²) in [6, 6.07) is 6.50. The molecule has 2 saturated heterocycles. The van der Waals surface area contributed by atoms with Crippen LogP contribution in [0.15, 0.2) is 39.5 Å². The maximum Gasteiger partial charge on any atom is 0.197 e. The molecule has 3 aromatic rings. The molecular formula is C26H28O14. The molecule has 0 amide bonds. The molecule has 0 spiro atoms. The van der Waals surface area contributed by atoms with Crippen LogP contribution in [0.25, 0.3) is 22.3 Å². The fraction of sp³-hybridized carbons (Fsp3) is 0.423. The predicted octanol–water partition coefficient (Wildman–Crippen LogP) is -1.75. The molecule has 2 aromatic carbocycles. The second-order valence-corrected chi connectivity index (χ2v) is 9.80. The first-order valence-electron chi connectivity index (χ1n) is 12.3. The predicted molar refractivity (Wildman–Crippen MR) is 132 cm³/mol. The molecule has 2 aliphatic rings. The smallest absolute Gasteiger partial charge is 0.197 e. The van der Waals surface area contributed by atoms with E-state index in [2.05, 4.69) is 0 Å². The Balaban J connectivity index is 1.80. The van der Waals surface area contributed by atoms with Gasteiger partial charge in [0.05, 0.1) is 24.3 Å². The summed E-state index contributed by atoms with van der Waals surface area (Å²) in [5.41, 5.74) is -2.15. The monoisotopic (exact) mass is 564 g/mol. The third kappa shape index (κ3) is 4.49. The number of fused-ring (bicyclic) bond motifs is 1. The topological polar surface area (TPSA) is 251 Å². The van der Waals surface area contributed by atoms with Crippen LogP contribution in [0.4, 0.5) is 0 Å². The summed E-state index contributed by atoms with van der Waals surface area (Å²) in [5, 5.41) is 104. The molecule has 3 heterocycles. The van der Waals surface area contributed by atoms with Crippen molar-refractivity contribution in [2.45, 2.75) is 54.9 Å². The van der Waals surface area contributed by atoms with Crippen molar-refractivity contribution in [3.05, 3.63) is 51.7 Å². The van der Waals surface area contributed by atoms with Gasteiger partial charge in [-0.25, -0.2) is 0 Å². The number of aromatic hydroxyl groups is 3. The van der Waals surface area contributed by atoms with Crippen LogP contribution in [-0.4, -0.2) is 107 Å². The summed E-state index contributed by atoms with van der Waals surface area (Å²) >= 11 is 0. The Labute approximate surface area is 224 Å². The molecule has 0 unspecified atom stereocenters. The number of hydrogen-bond donors (Lipinski definition) is 10. The van der Waals surface area contributed by atoms with Gasteiger partial charge in [-0.1, -0.05) is 0 Å². The lowest BCUT2D eigenvalue weighted by molar-refractivity contribution is -0.232. The standard InChI is InChI=1S/C26H28O14/c27-6-13-18(32)21(35)23(37)26(40-13)15-19(33)14-10(29)5-12(8-1-3-9(28)4-2-8)39-24(14)16(20(15)34)25-22(36)17(31)11(30)7-38-25/h1-5,11,13,17-18,21-23,25-28,30-37H,6-7H2/t11-,13+,17-,18+,21-,22+,23+,25+,26+/m0/s1. The van der Waals surface area contributed by atoms with Crippen LogP contribution in [0.5, 0.6) is 17.2 Å². The Morgan fingerprint density at radius 1 is 0.775 bits per heavy atom. The van der Waals surface area contributed by atoms with Crippen molar-refractivity contribution < 1.29 is 65.0 Å². The lowest BCUT2D eigenvalue weighted by atomic mass is 9.85. The van der Waals surface area contributed by atoms with Gasteiger partial charge < -0.3 is 65.0 Å². The van der Waals surface area contributed by atoms with Crippen molar-refractivity contribution >= 4 is 11.0 Å². The zero-order chi connectivity index (χ0) is 29.0. The van der Waals surface area contributed by atoms with E-state index in [4.69, 9.17) is 13.9 Å². The normalized spacial score (nSPS) is 32.8. The van der Waals surface area contributed by atoms with Crippen molar-refractivity contribution in [1.82, 2.24) is 0 Å². The van der Waals surface area contributed by atoms with Gasteiger partial charge in [-0.2, -0.15) is 0 Å². The number of phenols is 3. The largest absolute Gasteiger partial charge is 0.508 e. The lowest BCUT2D eigenvalue weighted by Gasteiger charge is -2.41. The molecule has 14 heteroatoms. The van der Waals surface area contributed by atoms with Gasteiger partial charge in [0.25, 0.3) is 0 Å². The van der Waals surface area contributed by atoms with E-state index in [-0.39, 0.29) is 11.5 Å². The maximum absolute atomic E-state index is 13.4. The first-order chi connectivity index (χ1) is 19.0. The molecule has 14 nitrogen and oxygen atoms in total. The zero-order valence-corrected chi connectivity index (χ0v) is 20.6. The molecule has 0 radical (unpaired) electrons. The first-order valence-corrected chi connectivity index (χ1v) is 12.3. The molecule has 1 aromatic heterocycles. The third-order valence-corrected chi connectivity index (χ3v) is 7.31. The quantitative estimate of drug-likeness (QED) is 0.169. The summed E-state index contributed by atoms with van der Waals surface area (Å²) in [5.74, 6) is -2.01. The zero-order valence-electron chi connectivity index (χ0n) is 20.6. The minimum Gasteiger partial charge on any atom is -0.508 e. The third-order valence-electron chi connectivity index (χ3n) is 7.31. The first kappa shape index (κ1) is 28.2. The summed E-state index contributed by atoms with van der Waals surface area (Å²) in [7, 11) is 0. The fourth-order valence-electron chi connectivity index (χ4n) is 5.11. The Kier molecular flexibility index (Phi) is 7.47. The van der Waals surface area contributed by atoms with Crippen LogP contribution in [-0.2, 0) is 9.47 Å². The van der Waals surface area contributed by atoms with Crippen LogP contribution in [0.2, 0.25) is 0 Å². The highest BCUT2D eigenvalue weighted by Crippen LogP contribution is 2.50. The van der Waals surface area contributed by atoms with Crippen LogP contribution in [0.3, 0.4) is 0 Å². The molecule has 0 aliphatic carbocycles. The Morgan fingerprint density at radius 3 is 2.08 bits per heavy atom. The van der Waals surface area contributed by atoms with Crippen LogP contribution >= 0.6 is 0 Å². The SMILES string of the molecule is O=c1cc(-c2ccc(O)cc2)oc2c([C@H]3OC[C@H](O)[C@H](O)[C@H]3O)c(O)c([C@H]3O[C@H](CO)[C@@H](O)[C@H](O)[C@H]3O)c(O)c12. The van der Waals surface area contributed by atoms with Gasteiger partial charge >= 0.3 is 0 Å².